The van der Waals surface area contributed by atoms with Crippen LogP contribution in [-0.2, 0) is 14.3 Å². The van der Waals surface area contributed by atoms with Crippen molar-refractivity contribution in [3.63, 3.8) is 0 Å². The summed E-state index contributed by atoms with van der Waals surface area (Å²) in [5.41, 5.74) is 0.575. The smallest absolute Gasteiger partial charge is 0.335 e. The first-order valence-corrected chi connectivity index (χ1v) is 7.71. The summed E-state index contributed by atoms with van der Waals surface area (Å²) < 4.78 is 7.80. The lowest BCUT2D eigenvalue weighted by Gasteiger charge is -2.22. The topological polar surface area (TPSA) is 64.6 Å². The van der Waals surface area contributed by atoms with Crippen LogP contribution in [0.4, 0.5) is 0 Å². The molecule has 0 aliphatic heterocycles. The predicted molar refractivity (Wildman–Crippen MR) is 89.9 cm³/mol. The van der Waals surface area contributed by atoms with Crippen molar-refractivity contribution in [1.29, 1.82) is 0 Å². The van der Waals surface area contributed by atoms with Crippen LogP contribution in [0.2, 0.25) is 0 Å². The van der Waals surface area contributed by atoms with Crippen LogP contribution in [0.25, 0.3) is 0 Å². The van der Waals surface area contributed by atoms with E-state index in [1.54, 1.807) is 31.2 Å². The molecule has 0 aliphatic rings. The summed E-state index contributed by atoms with van der Waals surface area (Å²) in [5, 5.41) is 2.47. The average Bonchev–Trinajstić information content (AvgIpc) is 2.51. The molecule has 1 aromatic rings. The number of halogens is 3. The van der Waals surface area contributed by atoms with Crippen LogP contribution >= 0.6 is 34.8 Å². The third-order valence-electron chi connectivity index (χ3n) is 2.87. The summed E-state index contributed by atoms with van der Waals surface area (Å²) in [5.74, 6) is -0.923. The predicted octanol–water partition coefficient (Wildman–Crippen LogP) is 3.34. The maximum Gasteiger partial charge on any atom is 0.335 e. The van der Waals surface area contributed by atoms with Crippen molar-refractivity contribution in [3.8, 4) is 5.75 Å². The third kappa shape index (κ3) is 5.61. The molecule has 1 unspecified atom stereocenters. The molecule has 8 heteroatoms. The minimum absolute atomic E-state index is 0.0135. The molecule has 0 radical (unpaired) electrons. The van der Waals surface area contributed by atoms with Gasteiger partial charge in [0.2, 0.25) is 0 Å². The number of carbonyl (C=O) groups excluding carboxylic acids is 2. The largest absolute Gasteiger partial charge is 0.497 e. The van der Waals surface area contributed by atoms with Gasteiger partial charge in [0, 0.05) is 0 Å². The van der Waals surface area contributed by atoms with Crippen molar-refractivity contribution in [1.82, 2.24) is 5.32 Å². The van der Waals surface area contributed by atoms with Crippen molar-refractivity contribution >= 4 is 46.7 Å². The fourth-order valence-corrected chi connectivity index (χ4v) is 1.89. The van der Waals surface area contributed by atoms with Crippen LogP contribution in [0.5, 0.6) is 5.75 Å². The molecule has 0 spiro atoms. The molecule has 0 aliphatic carbocycles. The maximum absolute atomic E-state index is 11.9. The van der Waals surface area contributed by atoms with E-state index in [0.717, 1.165) is 0 Å². The number of rotatable bonds is 6. The van der Waals surface area contributed by atoms with Crippen LogP contribution < -0.4 is 10.1 Å². The van der Waals surface area contributed by atoms with Crippen molar-refractivity contribution in [2.45, 2.75) is 16.8 Å². The lowest BCUT2D eigenvalue weighted by atomic mass is 9.99. The Hall–Kier alpha value is -1.43. The molecule has 0 saturated carbocycles. The first-order chi connectivity index (χ1) is 10.7. The molecule has 0 aromatic heterocycles. The van der Waals surface area contributed by atoms with Gasteiger partial charge in [0.1, 0.15) is 5.75 Å². The first-order valence-electron chi connectivity index (χ1n) is 6.58. The molecule has 0 bridgehead atoms. The highest BCUT2D eigenvalue weighted by molar-refractivity contribution is 6.76. The van der Waals surface area contributed by atoms with E-state index in [2.05, 4.69) is 11.9 Å². The fourth-order valence-electron chi connectivity index (χ4n) is 1.72. The zero-order valence-electron chi connectivity index (χ0n) is 12.6. The second kappa shape index (κ2) is 8.43. The molecule has 0 heterocycles. The highest BCUT2D eigenvalue weighted by Crippen LogP contribution is 2.30. The molecule has 1 atom stereocenters. The van der Waals surface area contributed by atoms with Gasteiger partial charge in [-0.1, -0.05) is 53.5 Å². The molecule has 1 amide bonds. The molecule has 5 nitrogen and oxygen atoms in total. The second-order valence-corrected chi connectivity index (χ2v) is 6.70. The highest BCUT2D eigenvalue weighted by atomic mass is 35.6. The van der Waals surface area contributed by atoms with Crippen molar-refractivity contribution < 1.29 is 19.1 Å². The van der Waals surface area contributed by atoms with Crippen LogP contribution in [-0.4, -0.2) is 29.4 Å². The van der Waals surface area contributed by atoms with Gasteiger partial charge in [-0.2, -0.15) is 0 Å². The maximum atomic E-state index is 11.9. The monoisotopic (exact) mass is 379 g/mol. The Bertz CT molecular complexity index is 581. The molecule has 0 fully saturated rings. The Morgan fingerprint density at radius 1 is 1.26 bits per heavy atom. The van der Waals surface area contributed by atoms with E-state index in [1.807, 2.05) is 0 Å². The SMILES string of the molecule is C=C(C(=O)OCC)C(NC(=O)C(Cl)(Cl)Cl)c1ccc(OC)cc1. The summed E-state index contributed by atoms with van der Waals surface area (Å²) in [6, 6.07) is 5.76. The number of esters is 1. The second-order valence-electron chi connectivity index (χ2n) is 4.42. The number of ether oxygens (including phenoxy) is 2. The Labute approximate surface area is 149 Å². The van der Waals surface area contributed by atoms with E-state index in [-0.39, 0.29) is 12.2 Å². The van der Waals surface area contributed by atoms with Gasteiger partial charge in [0.25, 0.3) is 9.70 Å². The van der Waals surface area contributed by atoms with Gasteiger partial charge in [-0.15, -0.1) is 0 Å². The van der Waals surface area contributed by atoms with Crippen LogP contribution in [0.1, 0.15) is 18.5 Å². The van der Waals surface area contributed by atoms with Crippen molar-refractivity contribution in [3.05, 3.63) is 42.0 Å². The number of methoxy groups -OCH3 is 1. The lowest BCUT2D eigenvalue weighted by molar-refractivity contribution is -0.138. The average molecular weight is 381 g/mol. The summed E-state index contributed by atoms with van der Waals surface area (Å²) in [6.45, 7) is 5.51. The van der Waals surface area contributed by atoms with Gasteiger partial charge >= 0.3 is 5.97 Å². The Balaban J connectivity index is 3.11. The van der Waals surface area contributed by atoms with E-state index in [1.165, 1.54) is 7.11 Å². The van der Waals surface area contributed by atoms with E-state index in [0.29, 0.717) is 11.3 Å². The minimum Gasteiger partial charge on any atom is -0.497 e. The Kier molecular flexibility index (Phi) is 7.19. The Morgan fingerprint density at radius 2 is 1.83 bits per heavy atom. The number of carbonyl (C=O) groups is 2. The molecule has 0 saturated heterocycles. The summed E-state index contributed by atoms with van der Waals surface area (Å²) in [6.07, 6.45) is 0. The quantitative estimate of drug-likeness (QED) is 0.467. The molecule has 1 rings (SSSR count). The number of amides is 1. The van der Waals surface area contributed by atoms with Gasteiger partial charge < -0.3 is 14.8 Å². The van der Waals surface area contributed by atoms with Gasteiger partial charge in [-0.3, -0.25) is 4.79 Å². The summed E-state index contributed by atoms with van der Waals surface area (Å²) >= 11 is 16.7. The van der Waals surface area contributed by atoms with E-state index < -0.39 is 21.7 Å². The highest BCUT2D eigenvalue weighted by Gasteiger charge is 2.34. The Morgan fingerprint density at radius 3 is 2.26 bits per heavy atom. The number of nitrogens with one attached hydrogen (secondary N) is 1. The number of benzene rings is 1. The summed E-state index contributed by atoms with van der Waals surface area (Å²) in [4.78, 5) is 23.8. The van der Waals surface area contributed by atoms with Crippen molar-refractivity contribution in [2.75, 3.05) is 13.7 Å². The number of hydrogen-bond donors (Lipinski definition) is 1. The fraction of sp³-hybridized carbons (Fsp3) is 0.333. The van der Waals surface area contributed by atoms with Crippen LogP contribution in [0.3, 0.4) is 0 Å². The number of alkyl halides is 3. The normalized spacial score (nSPS) is 12.2. The third-order valence-corrected chi connectivity index (χ3v) is 3.38. The number of hydrogen-bond acceptors (Lipinski definition) is 4. The van der Waals surface area contributed by atoms with E-state index >= 15 is 0 Å². The van der Waals surface area contributed by atoms with E-state index in [4.69, 9.17) is 44.3 Å². The van der Waals surface area contributed by atoms with Gasteiger partial charge in [0.15, 0.2) is 0 Å². The first kappa shape index (κ1) is 19.6. The van der Waals surface area contributed by atoms with Gasteiger partial charge in [0.05, 0.1) is 25.3 Å². The van der Waals surface area contributed by atoms with Crippen LogP contribution in [0, 0.1) is 0 Å². The molecule has 23 heavy (non-hydrogen) atoms. The molecule has 126 valence electrons. The van der Waals surface area contributed by atoms with Gasteiger partial charge in [-0.25, -0.2) is 4.79 Å². The van der Waals surface area contributed by atoms with Crippen molar-refractivity contribution in [2.24, 2.45) is 0 Å². The lowest BCUT2D eigenvalue weighted by Crippen LogP contribution is -2.39. The standard InChI is InChI=1S/C15H16Cl3NO4/c1-4-23-13(20)9(2)12(19-14(21)15(16,17)18)10-5-7-11(22-3)8-6-10/h5-8,12H,2,4H2,1,3H3,(H,19,21). The van der Waals surface area contributed by atoms with Gasteiger partial charge in [-0.05, 0) is 24.6 Å². The zero-order chi connectivity index (χ0) is 17.6. The zero-order valence-corrected chi connectivity index (χ0v) is 14.8. The molecule has 1 aromatic carbocycles. The molecular weight excluding hydrogens is 365 g/mol. The molecular formula is C15H16Cl3NO4. The summed E-state index contributed by atoms with van der Waals surface area (Å²) in [7, 11) is 1.52. The van der Waals surface area contributed by atoms with Crippen LogP contribution in [0.15, 0.2) is 36.4 Å². The van der Waals surface area contributed by atoms with E-state index in [9.17, 15) is 9.59 Å². The molecule has 1 N–H and O–H groups in total. The minimum atomic E-state index is -2.17.